The van der Waals surface area contributed by atoms with Crippen molar-refractivity contribution < 1.29 is 114 Å². The second kappa shape index (κ2) is 38.5. The Labute approximate surface area is 699 Å². The summed E-state index contributed by atoms with van der Waals surface area (Å²) in [5.74, 6) is -4.41. The SMILES string of the molecule is CC(=O)OC[C@H]1OC(c2ccc(-c3ccc([C@@H]4[C@@H](S(=O)C[C@H](O[Si](C)(C)C(C)(C)C)c5ccc(F)cc5)C(=O)N4c4ccccc4)c(OCc4ccccc4)c3)cc2)[C@H](OC(C)=O)[C@@H](OC(C)=O)[C@@H]1OC(C)=O.O=C1[C@H](S(=O)C[C@H](O)c2ccc(F)cc2)[C@@H](c2ccc(-c3ccc(C4O[C@H](CO)[C@@H](O)[C@H](O)[C@H]4O)cc3)cc2O)N1c1ccccc1. The summed E-state index contributed by atoms with van der Waals surface area (Å²) in [5.41, 5.74) is 7.84. The van der Waals surface area contributed by atoms with Gasteiger partial charge in [-0.1, -0.05) is 185 Å². The van der Waals surface area contributed by atoms with E-state index in [1.165, 1.54) is 61.2 Å². The fourth-order valence-corrected chi connectivity index (χ4v) is 19.6. The third-order valence-corrected chi connectivity index (χ3v) is 29.9. The van der Waals surface area contributed by atoms with Crippen LogP contribution in [0.4, 0.5) is 20.2 Å². The lowest BCUT2D eigenvalue weighted by Crippen LogP contribution is -2.61. The lowest BCUT2D eigenvalue weighted by molar-refractivity contribution is -0.254. The number of ether oxygens (including phenoxy) is 7. The minimum Gasteiger partial charge on any atom is -0.508 e. The molecule has 4 unspecified atom stereocenters. The number of carbonyl (C=O) groups excluding carboxylic acids is 6. The summed E-state index contributed by atoms with van der Waals surface area (Å²) in [5, 5.41) is 60.0. The number of phenols is 1. The number of nitrogens with zero attached hydrogens (tertiary/aromatic N) is 2. The quantitative estimate of drug-likeness (QED) is 0.0121. The van der Waals surface area contributed by atoms with E-state index in [1.54, 1.807) is 95.9 Å². The molecule has 0 radical (unpaired) electrons. The molecule has 9 aromatic rings. The number of aliphatic hydroxyl groups is 5. The number of hydrogen-bond donors (Lipinski definition) is 6. The molecule has 29 heteroatoms. The van der Waals surface area contributed by atoms with E-state index in [1.807, 2.05) is 91.0 Å². The number of β-lactam (4-membered cyclic amide) rings is 2. The largest absolute Gasteiger partial charge is 0.508 e. The highest BCUT2D eigenvalue weighted by molar-refractivity contribution is 7.87. The molecular weight excluding hydrogens is 1600 g/mol. The normalized spacial score (nSPS) is 23.9. The van der Waals surface area contributed by atoms with Gasteiger partial charge in [-0.2, -0.15) is 0 Å². The van der Waals surface area contributed by atoms with Crippen LogP contribution in [0.2, 0.25) is 18.1 Å². The van der Waals surface area contributed by atoms with E-state index in [0.717, 1.165) is 25.0 Å². The topological polar surface area (TPSA) is 338 Å². The van der Waals surface area contributed by atoms with Crippen LogP contribution in [0.3, 0.4) is 0 Å². The van der Waals surface area contributed by atoms with Gasteiger partial charge in [0.25, 0.3) is 0 Å². The van der Waals surface area contributed by atoms with E-state index in [0.29, 0.717) is 67.2 Å². The number of esters is 4. The zero-order valence-corrected chi connectivity index (χ0v) is 70.0. The number of amides is 2. The van der Waals surface area contributed by atoms with Crippen molar-refractivity contribution >= 4 is 77.0 Å². The van der Waals surface area contributed by atoms with Crippen LogP contribution in [-0.4, -0.2) is 167 Å². The van der Waals surface area contributed by atoms with Gasteiger partial charge < -0.3 is 78.0 Å². The highest BCUT2D eigenvalue weighted by Crippen LogP contribution is 2.50. The van der Waals surface area contributed by atoms with Gasteiger partial charge in [0.2, 0.25) is 11.8 Å². The minimum atomic E-state index is -2.48. The number of rotatable bonds is 27. The third kappa shape index (κ3) is 20.2. The first-order chi connectivity index (χ1) is 57.2. The first kappa shape index (κ1) is 88.7. The lowest BCUT2D eigenvalue weighted by Gasteiger charge is -2.47. The molecule has 4 aliphatic heterocycles. The van der Waals surface area contributed by atoms with Crippen LogP contribution in [-0.2, 0) is 89.8 Å². The average molecular weight is 1700 g/mol. The fraction of sp³-hybridized carbons (Fsp3) is 0.341. The van der Waals surface area contributed by atoms with Crippen molar-refractivity contribution in [2.75, 3.05) is 34.5 Å². The summed E-state index contributed by atoms with van der Waals surface area (Å²) in [6.07, 6.45) is -14.5. The second-order valence-corrected chi connectivity index (χ2v) is 39.3. The molecule has 24 nitrogen and oxygen atoms in total. The van der Waals surface area contributed by atoms with Gasteiger partial charge in [0.1, 0.15) is 89.6 Å². The monoisotopic (exact) mass is 1700 g/mol. The molecule has 632 valence electrons. The molecule has 0 aromatic heterocycles. The van der Waals surface area contributed by atoms with Crippen LogP contribution >= 0.6 is 0 Å². The Hall–Kier alpha value is -10.5. The predicted molar refractivity (Wildman–Crippen MR) is 446 cm³/mol. The van der Waals surface area contributed by atoms with Gasteiger partial charge in [-0.05, 0) is 129 Å². The van der Waals surface area contributed by atoms with Crippen molar-refractivity contribution in [3.05, 3.63) is 275 Å². The van der Waals surface area contributed by atoms with E-state index < -0.39 is 174 Å². The van der Waals surface area contributed by atoms with Crippen LogP contribution < -0.4 is 14.5 Å². The Kier molecular flexibility index (Phi) is 28.4. The van der Waals surface area contributed by atoms with Gasteiger partial charge >= 0.3 is 23.9 Å². The van der Waals surface area contributed by atoms with Gasteiger partial charge in [-0.3, -0.25) is 37.2 Å². The molecule has 18 atom stereocenters. The van der Waals surface area contributed by atoms with Crippen molar-refractivity contribution in [1.29, 1.82) is 0 Å². The summed E-state index contributed by atoms with van der Waals surface area (Å²) < 4.78 is 104. The maximum atomic E-state index is 15.0. The summed E-state index contributed by atoms with van der Waals surface area (Å²) in [4.78, 5) is 80.4. The molecule has 2 amide bonds. The number of carbonyl (C=O) groups is 6. The molecule has 0 saturated carbocycles. The Morgan fingerprint density at radius 2 is 0.967 bits per heavy atom. The van der Waals surface area contributed by atoms with E-state index in [9.17, 15) is 72.4 Å². The molecule has 4 aliphatic rings. The number of phenolic OH excluding ortho intramolecular Hbond substituents is 1. The highest BCUT2D eigenvalue weighted by atomic mass is 32.2. The van der Waals surface area contributed by atoms with Crippen molar-refractivity contribution in [2.24, 2.45) is 0 Å². The first-order valence-corrected chi connectivity index (χ1v) is 44.7. The van der Waals surface area contributed by atoms with E-state index in [4.69, 9.17) is 37.6 Å². The van der Waals surface area contributed by atoms with Crippen LogP contribution in [0.25, 0.3) is 22.3 Å². The molecule has 9 aromatic carbocycles. The standard InChI is InChI=1S/C56H62FNO13SSi.C35H34FNO9S/c1-34(59)65-32-47-51(67-35(2)60)53(69-37(4)62)52(68-36(3)61)50(70-47)41-22-20-39(21-23-41)42-26-29-45(46(30-42)66-31-38-16-12-10-13-17-38)49-54(55(63)58(49)44-18-14-11-15-19-44)72(64)33-48(40-24-27-43(57)28-25-40)71-73(8,9)56(5,6)7;36-23-13-10-20(11-14-23)27(40)18-47(45)34-29(37(35(34)44)24-4-2-1-3-5-24)25-15-12-22(16-26(25)39)19-6-8-21(9-7-19)33-32(43)31(42)30(41)28(17-38)46-33/h10-30,47-54H,31-33H2,1-9H3;1-16,27-34,38-43H,17-18H2/t47-,48+,49-,50?,51-,52+,53+,54-,72?;27-,28+,29+,30+,31-,32+,33?,34+,47?/m10/s1. The molecule has 4 saturated heterocycles. The van der Waals surface area contributed by atoms with E-state index in [2.05, 4.69) is 33.9 Å². The molecule has 6 N–H and O–H groups in total. The maximum absolute atomic E-state index is 15.0. The highest BCUT2D eigenvalue weighted by Gasteiger charge is 2.57. The summed E-state index contributed by atoms with van der Waals surface area (Å²) in [6, 6.07) is 61.7. The Morgan fingerprint density at radius 3 is 1.47 bits per heavy atom. The number of halogens is 2. The zero-order valence-electron chi connectivity index (χ0n) is 67.3. The van der Waals surface area contributed by atoms with Gasteiger partial charge in [-0.15, -0.1) is 0 Å². The maximum Gasteiger partial charge on any atom is 0.303 e. The van der Waals surface area contributed by atoms with Crippen LogP contribution in [0.1, 0.15) is 124 Å². The van der Waals surface area contributed by atoms with Crippen LogP contribution in [0.15, 0.2) is 224 Å². The first-order valence-electron chi connectivity index (χ1n) is 39.0. The number of para-hydroxylation sites is 2. The fourth-order valence-electron chi connectivity index (χ4n) is 14.9. The van der Waals surface area contributed by atoms with E-state index in [-0.39, 0.29) is 41.4 Å². The average Bonchev–Trinajstić information content (AvgIpc) is 0.729. The number of hydrogen-bond acceptors (Lipinski definition) is 22. The van der Waals surface area contributed by atoms with Crippen LogP contribution in [0, 0.1) is 11.6 Å². The van der Waals surface area contributed by atoms with Crippen molar-refractivity contribution in [1.82, 2.24) is 0 Å². The summed E-state index contributed by atoms with van der Waals surface area (Å²) >= 11 is 0. The number of anilines is 2. The molecule has 120 heavy (non-hydrogen) atoms. The third-order valence-electron chi connectivity index (χ3n) is 22.1. The molecule has 4 heterocycles. The number of aliphatic hydroxyl groups excluding tert-OH is 5. The summed E-state index contributed by atoms with van der Waals surface area (Å²) in [7, 11) is -6.16. The van der Waals surface area contributed by atoms with Crippen molar-refractivity contribution in [3.63, 3.8) is 0 Å². The zero-order chi connectivity index (χ0) is 86.2. The lowest BCUT2D eigenvalue weighted by atomic mass is 9.88. The van der Waals surface area contributed by atoms with Crippen molar-refractivity contribution in [2.45, 2.75) is 169 Å². The number of benzene rings is 9. The molecule has 0 spiro atoms. The number of aromatic hydroxyl groups is 1. The minimum absolute atomic E-state index is 0.0160. The van der Waals surface area contributed by atoms with Gasteiger partial charge in [0.05, 0.1) is 42.4 Å². The molecule has 13 rings (SSSR count). The van der Waals surface area contributed by atoms with E-state index >= 15 is 4.21 Å². The Balaban J connectivity index is 0.000000241. The van der Waals surface area contributed by atoms with Gasteiger partial charge in [-0.25, -0.2) is 8.78 Å². The molecule has 4 fully saturated rings. The second-order valence-electron chi connectivity index (χ2n) is 31.3. The smallest absolute Gasteiger partial charge is 0.303 e. The molecule has 0 aliphatic carbocycles. The Bertz CT molecular complexity index is 5150. The predicted octanol–water partition coefficient (Wildman–Crippen LogP) is 12.5. The summed E-state index contributed by atoms with van der Waals surface area (Å²) in [6.45, 7) is 14.5. The van der Waals surface area contributed by atoms with Gasteiger partial charge in [0.15, 0.2) is 26.6 Å². The van der Waals surface area contributed by atoms with Crippen LogP contribution in [0.5, 0.6) is 11.5 Å². The molecule has 0 bridgehead atoms. The van der Waals surface area contributed by atoms with Crippen molar-refractivity contribution in [3.8, 4) is 33.8 Å². The molecular formula is C91H96F2N2O22S2Si. The Morgan fingerprint density at radius 1 is 0.517 bits per heavy atom. The van der Waals surface area contributed by atoms with Gasteiger partial charge in [0, 0.05) is 71.8 Å².